The third-order valence-corrected chi connectivity index (χ3v) is 2.95. The van der Waals surface area contributed by atoms with E-state index < -0.39 is 0 Å². The number of ether oxygens (including phenoxy) is 2. The highest BCUT2D eigenvalue weighted by atomic mass is 16.5. The van der Waals surface area contributed by atoms with Gasteiger partial charge in [0.2, 0.25) is 0 Å². The molecule has 1 rings (SSSR count). The molecule has 0 bridgehead atoms. The lowest BCUT2D eigenvalue weighted by atomic mass is 10.1. The van der Waals surface area contributed by atoms with Gasteiger partial charge in [0.1, 0.15) is 0 Å². The van der Waals surface area contributed by atoms with Crippen LogP contribution in [0.3, 0.4) is 0 Å². The van der Waals surface area contributed by atoms with Crippen LogP contribution in [0.2, 0.25) is 0 Å². The molecule has 3 heteroatoms. The molecule has 0 amide bonds. The van der Waals surface area contributed by atoms with Crippen LogP contribution in [0.25, 0.3) is 0 Å². The molecule has 0 aromatic carbocycles. The van der Waals surface area contributed by atoms with Crippen molar-refractivity contribution in [1.82, 2.24) is 0 Å². The fraction of sp³-hybridized carbons (Fsp3) is 0.846. The van der Waals surface area contributed by atoms with E-state index in [-0.39, 0.29) is 6.04 Å². The first-order chi connectivity index (χ1) is 7.83. The van der Waals surface area contributed by atoms with E-state index in [2.05, 4.69) is 6.08 Å². The van der Waals surface area contributed by atoms with Gasteiger partial charge < -0.3 is 15.2 Å². The van der Waals surface area contributed by atoms with E-state index >= 15 is 0 Å². The zero-order valence-electron chi connectivity index (χ0n) is 10.4. The van der Waals surface area contributed by atoms with Crippen LogP contribution in [0, 0.1) is 0 Å². The van der Waals surface area contributed by atoms with E-state index in [1.165, 1.54) is 24.8 Å². The van der Waals surface area contributed by atoms with Crippen LogP contribution < -0.4 is 5.73 Å². The Hall–Kier alpha value is -0.380. The number of hydrogen-bond donors (Lipinski definition) is 1. The van der Waals surface area contributed by atoms with E-state index in [1.54, 1.807) is 7.11 Å². The van der Waals surface area contributed by atoms with Gasteiger partial charge in [-0.25, -0.2) is 0 Å². The highest BCUT2D eigenvalue weighted by molar-refractivity contribution is 5.08. The topological polar surface area (TPSA) is 44.5 Å². The maximum absolute atomic E-state index is 5.97. The second-order valence-electron chi connectivity index (χ2n) is 4.44. The molecule has 0 heterocycles. The van der Waals surface area contributed by atoms with Gasteiger partial charge in [0.15, 0.2) is 0 Å². The van der Waals surface area contributed by atoms with Gasteiger partial charge in [0, 0.05) is 19.8 Å². The Morgan fingerprint density at radius 2 is 2.19 bits per heavy atom. The van der Waals surface area contributed by atoms with Gasteiger partial charge in [-0.2, -0.15) is 0 Å². The minimum Gasteiger partial charge on any atom is -0.382 e. The highest BCUT2D eigenvalue weighted by Gasteiger charge is 2.07. The van der Waals surface area contributed by atoms with Crippen LogP contribution in [0.1, 0.15) is 38.5 Å². The van der Waals surface area contributed by atoms with Crippen LogP contribution in [-0.4, -0.2) is 33.0 Å². The molecule has 1 atom stereocenters. The molecule has 0 spiro atoms. The maximum Gasteiger partial charge on any atom is 0.0700 e. The SMILES string of the molecule is COCCOCCCC1=CC(N)CCCC1. The largest absolute Gasteiger partial charge is 0.382 e. The lowest BCUT2D eigenvalue weighted by Crippen LogP contribution is -2.15. The van der Waals surface area contributed by atoms with Crippen molar-refractivity contribution in [2.75, 3.05) is 26.9 Å². The lowest BCUT2D eigenvalue weighted by Gasteiger charge is -2.07. The monoisotopic (exact) mass is 227 g/mol. The zero-order valence-corrected chi connectivity index (χ0v) is 10.4. The molecule has 94 valence electrons. The summed E-state index contributed by atoms with van der Waals surface area (Å²) in [6.45, 7) is 2.22. The van der Waals surface area contributed by atoms with Crippen LogP contribution in [0.15, 0.2) is 11.6 Å². The van der Waals surface area contributed by atoms with E-state index in [0.717, 1.165) is 25.9 Å². The zero-order chi connectivity index (χ0) is 11.6. The summed E-state index contributed by atoms with van der Waals surface area (Å²) in [4.78, 5) is 0. The predicted octanol–water partition coefficient (Wildman–Crippen LogP) is 2.26. The van der Waals surface area contributed by atoms with Gasteiger partial charge >= 0.3 is 0 Å². The van der Waals surface area contributed by atoms with Crippen LogP contribution in [0.4, 0.5) is 0 Å². The summed E-state index contributed by atoms with van der Waals surface area (Å²) in [6, 6.07) is 0.284. The number of allylic oxidation sites excluding steroid dienone is 1. The van der Waals surface area contributed by atoms with E-state index in [9.17, 15) is 0 Å². The van der Waals surface area contributed by atoms with Crippen molar-refractivity contribution in [2.24, 2.45) is 5.73 Å². The average Bonchev–Trinajstić information content (AvgIpc) is 2.48. The Labute approximate surface area is 99.0 Å². The highest BCUT2D eigenvalue weighted by Crippen LogP contribution is 2.20. The second-order valence-corrected chi connectivity index (χ2v) is 4.44. The number of nitrogens with two attached hydrogens (primary N) is 1. The van der Waals surface area contributed by atoms with Gasteiger partial charge in [-0.3, -0.25) is 0 Å². The lowest BCUT2D eigenvalue weighted by molar-refractivity contribution is 0.0695. The van der Waals surface area contributed by atoms with Crippen molar-refractivity contribution in [3.8, 4) is 0 Å². The minimum absolute atomic E-state index is 0.284. The van der Waals surface area contributed by atoms with E-state index in [0.29, 0.717) is 13.2 Å². The first-order valence-electron chi connectivity index (χ1n) is 6.34. The van der Waals surface area contributed by atoms with Crippen molar-refractivity contribution in [2.45, 2.75) is 44.6 Å². The quantitative estimate of drug-likeness (QED) is 0.536. The Kier molecular flexibility index (Phi) is 7.47. The molecule has 0 saturated carbocycles. The maximum atomic E-state index is 5.97. The molecular formula is C13H25NO2. The first kappa shape index (κ1) is 13.7. The normalized spacial score (nSPS) is 21.6. The van der Waals surface area contributed by atoms with Gasteiger partial charge in [0.05, 0.1) is 13.2 Å². The number of hydrogen-bond acceptors (Lipinski definition) is 3. The van der Waals surface area contributed by atoms with Crippen molar-refractivity contribution >= 4 is 0 Å². The number of methoxy groups -OCH3 is 1. The van der Waals surface area contributed by atoms with Crippen molar-refractivity contribution in [1.29, 1.82) is 0 Å². The molecule has 0 radical (unpaired) electrons. The average molecular weight is 227 g/mol. The molecule has 0 aliphatic heterocycles. The predicted molar refractivity (Wildman–Crippen MR) is 66.5 cm³/mol. The van der Waals surface area contributed by atoms with Crippen LogP contribution in [0.5, 0.6) is 0 Å². The second kappa shape index (κ2) is 8.74. The molecule has 0 aromatic heterocycles. The Bertz CT molecular complexity index is 204. The van der Waals surface area contributed by atoms with Crippen molar-refractivity contribution in [3.63, 3.8) is 0 Å². The summed E-state index contributed by atoms with van der Waals surface area (Å²) >= 11 is 0. The van der Waals surface area contributed by atoms with Crippen LogP contribution >= 0.6 is 0 Å². The van der Waals surface area contributed by atoms with E-state index in [1.807, 2.05) is 0 Å². The summed E-state index contributed by atoms with van der Waals surface area (Å²) in [6.07, 6.45) is 9.44. The molecule has 1 aliphatic carbocycles. The molecule has 16 heavy (non-hydrogen) atoms. The minimum atomic E-state index is 0.284. The third-order valence-electron chi connectivity index (χ3n) is 2.95. The fourth-order valence-corrected chi connectivity index (χ4v) is 2.06. The summed E-state index contributed by atoms with van der Waals surface area (Å²) in [5, 5.41) is 0. The van der Waals surface area contributed by atoms with E-state index in [4.69, 9.17) is 15.2 Å². The van der Waals surface area contributed by atoms with Crippen molar-refractivity contribution in [3.05, 3.63) is 11.6 Å². The van der Waals surface area contributed by atoms with Gasteiger partial charge in [-0.15, -0.1) is 0 Å². The molecule has 1 aliphatic rings. The summed E-state index contributed by atoms with van der Waals surface area (Å²) in [5.41, 5.74) is 7.50. The Morgan fingerprint density at radius 1 is 1.31 bits per heavy atom. The molecule has 3 nitrogen and oxygen atoms in total. The fourth-order valence-electron chi connectivity index (χ4n) is 2.06. The van der Waals surface area contributed by atoms with Gasteiger partial charge in [-0.05, 0) is 32.1 Å². The Balaban J connectivity index is 2.06. The number of rotatable bonds is 7. The van der Waals surface area contributed by atoms with Crippen LogP contribution in [-0.2, 0) is 9.47 Å². The molecule has 2 N–H and O–H groups in total. The molecule has 0 saturated heterocycles. The molecular weight excluding hydrogens is 202 g/mol. The first-order valence-corrected chi connectivity index (χ1v) is 6.34. The summed E-state index contributed by atoms with van der Waals surface area (Å²) in [5.74, 6) is 0. The van der Waals surface area contributed by atoms with Gasteiger partial charge in [-0.1, -0.05) is 18.1 Å². The van der Waals surface area contributed by atoms with Crippen molar-refractivity contribution < 1.29 is 9.47 Å². The summed E-state index contributed by atoms with van der Waals surface area (Å²) in [7, 11) is 1.70. The third kappa shape index (κ3) is 6.26. The summed E-state index contributed by atoms with van der Waals surface area (Å²) < 4.78 is 10.4. The standard InChI is InChI=1S/C13H25NO2/c1-15-9-10-16-8-4-6-12-5-2-3-7-13(14)11-12/h11,13H,2-10,14H2,1H3. The molecule has 0 aromatic rings. The molecule has 0 fully saturated rings. The smallest absolute Gasteiger partial charge is 0.0700 e. The molecule has 1 unspecified atom stereocenters. The van der Waals surface area contributed by atoms with Gasteiger partial charge in [0.25, 0.3) is 0 Å². The Morgan fingerprint density at radius 3 is 3.00 bits per heavy atom.